The van der Waals surface area contributed by atoms with E-state index in [1.807, 2.05) is 26.0 Å². The van der Waals surface area contributed by atoms with Gasteiger partial charge in [0.05, 0.1) is 31.8 Å². The van der Waals surface area contributed by atoms with Crippen molar-refractivity contribution in [1.82, 2.24) is 5.16 Å². The number of hydrogen-bond acceptors (Lipinski definition) is 9. The number of rotatable bonds is 3. The van der Waals surface area contributed by atoms with E-state index in [-0.39, 0.29) is 24.3 Å². The van der Waals surface area contributed by atoms with E-state index in [0.717, 1.165) is 5.56 Å². The van der Waals surface area contributed by atoms with Gasteiger partial charge in [0.1, 0.15) is 23.5 Å². The molecule has 1 unspecified atom stereocenters. The maximum Gasteiger partial charge on any atom is 0.294 e. The summed E-state index contributed by atoms with van der Waals surface area (Å²) >= 11 is 0. The van der Waals surface area contributed by atoms with Crippen molar-refractivity contribution in [2.45, 2.75) is 25.0 Å². The Balaban J connectivity index is 1.55. The fourth-order valence-electron chi connectivity index (χ4n) is 4.51. The molecule has 3 aliphatic rings. The van der Waals surface area contributed by atoms with Gasteiger partial charge in [-0.15, -0.1) is 0 Å². The molecule has 4 heterocycles. The van der Waals surface area contributed by atoms with E-state index in [2.05, 4.69) is 10.5 Å². The Kier molecular flexibility index (Phi) is 3.82. The first-order valence-corrected chi connectivity index (χ1v) is 9.52. The molecular formula is C20H22N4O6. The second kappa shape index (κ2) is 6.11. The lowest BCUT2D eigenvalue weighted by Gasteiger charge is -2.61. The zero-order valence-electron chi connectivity index (χ0n) is 16.9. The third-order valence-electron chi connectivity index (χ3n) is 6.34. The molecule has 5 rings (SSSR count). The van der Waals surface area contributed by atoms with Gasteiger partial charge in [-0.2, -0.15) is 0 Å². The van der Waals surface area contributed by atoms with E-state index in [9.17, 15) is 4.79 Å². The molecule has 1 aromatic heterocycles. The number of aromatic nitrogens is 1. The molecule has 10 heteroatoms. The van der Waals surface area contributed by atoms with Gasteiger partial charge in [-0.3, -0.25) is 4.79 Å². The Morgan fingerprint density at radius 2 is 2.03 bits per heavy atom. The number of carbonyl (C=O) groups excluding carboxylic acids is 1. The van der Waals surface area contributed by atoms with Gasteiger partial charge in [0, 0.05) is 11.3 Å². The predicted molar refractivity (Wildman–Crippen MR) is 105 cm³/mol. The van der Waals surface area contributed by atoms with Crippen molar-refractivity contribution in [3.8, 4) is 11.6 Å². The molecule has 2 spiro atoms. The van der Waals surface area contributed by atoms with Crippen LogP contribution in [-0.4, -0.2) is 49.6 Å². The monoisotopic (exact) mass is 414 g/mol. The second-order valence-corrected chi connectivity index (χ2v) is 8.18. The van der Waals surface area contributed by atoms with Crippen molar-refractivity contribution in [2.24, 2.45) is 16.1 Å². The number of amides is 1. The number of aliphatic imine (C=N–C) groups is 1. The molecule has 0 saturated carbocycles. The van der Waals surface area contributed by atoms with E-state index in [1.54, 1.807) is 6.07 Å². The van der Waals surface area contributed by atoms with Gasteiger partial charge < -0.3 is 34.5 Å². The van der Waals surface area contributed by atoms with Crippen LogP contribution >= 0.6 is 0 Å². The molecular weight excluding hydrogens is 392 g/mol. The van der Waals surface area contributed by atoms with Crippen LogP contribution in [0.4, 0.5) is 5.69 Å². The lowest BCUT2D eigenvalue weighted by atomic mass is 9.55. The number of methoxy groups -OCH3 is 1. The molecule has 1 amide bonds. The maximum absolute atomic E-state index is 12.6. The summed E-state index contributed by atoms with van der Waals surface area (Å²) in [7, 11) is 1.44. The first-order valence-electron chi connectivity index (χ1n) is 9.52. The van der Waals surface area contributed by atoms with Crippen LogP contribution in [0.15, 0.2) is 33.8 Å². The molecule has 30 heavy (non-hydrogen) atoms. The summed E-state index contributed by atoms with van der Waals surface area (Å²) in [5.41, 5.74) is 5.50. The van der Waals surface area contributed by atoms with Crippen molar-refractivity contribution in [3.63, 3.8) is 0 Å². The number of nitrogens with one attached hydrogen (secondary N) is 1. The number of ether oxygens (including phenoxy) is 4. The fourth-order valence-corrected chi connectivity index (χ4v) is 4.51. The average molecular weight is 414 g/mol. The van der Waals surface area contributed by atoms with Gasteiger partial charge in [-0.1, -0.05) is 0 Å². The lowest BCUT2D eigenvalue weighted by Crippen LogP contribution is -2.71. The lowest BCUT2D eigenvalue weighted by molar-refractivity contribution is -0.247. The number of benzene rings is 1. The standard InChI is InChI=1S/C20H22N4O6/c1-18(2)19(8-27-9-19)20(10-28-17(21)23-20)12-6-11(4-5-13(12)29-18)22-16(25)14-7-15(26-3)24-30-14/h4-7H,8-10H2,1-3H3,(H2,21,23)(H,22,25). The molecule has 0 radical (unpaired) electrons. The Morgan fingerprint density at radius 3 is 2.63 bits per heavy atom. The normalized spacial score (nSPS) is 25.0. The number of amidine groups is 1. The Morgan fingerprint density at radius 1 is 1.23 bits per heavy atom. The molecule has 1 atom stereocenters. The molecule has 1 saturated heterocycles. The van der Waals surface area contributed by atoms with Crippen LogP contribution in [0, 0.1) is 5.41 Å². The average Bonchev–Trinajstić information content (AvgIpc) is 3.28. The van der Waals surface area contributed by atoms with Gasteiger partial charge in [-0.05, 0) is 37.2 Å². The van der Waals surface area contributed by atoms with Crippen LogP contribution in [0.2, 0.25) is 0 Å². The summed E-state index contributed by atoms with van der Waals surface area (Å²) in [6.07, 6.45) is 0. The first-order chi connectivity index (χ1) is 14.3. The van der Waals surface area contributed by atoms with E-state index in [4.69, 9.17) is 34.2 Å². The number of nitrogens with two attached hydrogens (primary N) is 1. The first kappa shape index (κ1) is 18.7. The molecule has 3 N–H and O–H groups in total. The summed E-state index contributed by atoms with van der Waals surface area (Å²) in [6, 6.07) is 6.95. The highest BCUT2D eigenvalue weighted by Crippen LogP contribution is 2.62. The zero-order valence-corrected chi connectivity index (χ0v) is 16.9. The number of fused-ring (bicyclic) bond motifs is 3. The van der Waals surface area contributed by atoms with Crippen molar-refractivity contribution in [2.75, 3.05) is 32.2 Å². The fraction of sp³-hybridized carbons (Fsp3) is 0.450. The van der Waals surface area contributed by atoms with Crippen molar-refractivity contribution in [3.05, 3.63) is 35.6 Å². The Bertz CT molecular complexity index is 1060. The van der Waals surface area contributed by atoms with Crippen molar-refractivity contribution < 1.29 is 28.3 Å². The van der Waals surface area contributed by atoms with Crippen molar-refractivity contribution in [1.29, 1.82) is 0 Å². The quantitative estimate of drug-likeness (QED) is 0.775. The highest BCUT2D eigenvalue weighted by atomic mass is 16.5. The van der Waals surface area contributed by atoms with E-state index >= 15 is 0 Å². The molecule has 1 aromatic carbocycles. The SMILES string of the molecule is COc1cc(C(=O)Nc2ccc3c(c2)C2(COC(N)=N2)C2(COC2)C(C)(C)O3)on1. The van der Waals surface area contributed by atoms with E-state index in [1.165, 1.54) is 13.2 Å². The summed E-state index contributed by atoms with van der Waals surface area (Å²) in [5.74, 6) is 0.468. The second-order valence-electron chi connectivity index (χ2n) is 8.18. The largest absolute Gasteiger partial charge is 0.487 e. The van der Waals surface area contributed by atoms with E-state index in [0.29, 0.717) is 24.7 Å². The summed E-state index contributed by atoms with van der Waals surface area (Å²) in [4.78, 5) is 17.3. The summed E-state index contributed by atoms with van der Waals surface area (Å²) in [5, 5.41) is 6.46. The van der Waals surface area contributed by atoms with Crippen LogP contribution in [-0.2, 0) is 15.0 Å². The smallest absolute Gasteiger partial charge is 0.294 e. The summed E-state index contributed by atoms with van der Waals surface area (Å²) in [6.45, 7) is 5.26. The van der Waals surface area contributed by atoms with E-state index < -0.39 is 22.5 Å². The third-order valence-corrected chi connectivity index (χ3v) is 6.34. The Hall–Kier alpha value is -3.27. The van der Waals surface area contributed by atoms with Crippen LogP contribution in [0.1, 0.15) is 30.0 Å². The molecule has 3 aliphatic heterocycles. The topological polar surface area (TPSA) is 130 Å². The Labute approximate surface area is 172 Å². The van der Waals surface area contributed by atoms with Gasteiger partial charge in [0.2, 0.25) is 5.76 Å². The molecule has 10 nitrogen and oxygen atoms in total. The van der Waals surface area contributed by atoms with Crippen LogP contribution in [0.25, 0.3) is 0 Å². The molecule has 1 fully saturated rings. The molecule has 0 bridgehead atoms. The third kappa shape index (κ3) is 2.37. The maximum atomic E-state index is 12.6. The summed E-state index contributed by atoms with van der Waals surface area (Å²) < 4.78 is 27.6. The van der Waals surface area contributed by atoms with Crippen LogP contribution in [0.5, 0.6) is 11.6 Å². The highest BCUT2D eigenvalue weighted by Gasteiger charge is 2.71. The molecule has 2 aromatic rings. The molecule has 0 aliphatic carbocycles. The number of nitrogens with zero attached hydrogens (tertiary/aromatic N) is 2. The van der Waals surface area contributed by atoms with Crippen LogP contribution in [0.3, 0.4) is 0 Å². The van der Waals surface area contributed by atoms with Gasteiger partial charge in [0.25, 0.3) is 17.8 Å². The number of carbonyl (C=O) groups is 1. The number of hydrogen-bond donors (Lipinski definition) is 2. The minimum Gasteiger partial charge on any atom is -0.487 e. The van der Waals surface area contributed by atoms with Crippen LogP contribution < -0.4 is 20.5 Å². The minimum atomic E-state index is -0.775. The van der Waals surface area contributed by atoms with Crippen molar-refractivity contribution >= 4 is 17.6 Å². The van der Waals surface area contributed by atoms with Gasteiger partial charge in [0.15, 0.2) is 0 Å². The predicted octanol–water partition coefficient (Wildman–Crippen LogP) is 1.66. The van der Waals surface area contributed by atoms with Gasteiger partial charge in [-0.25, -0.2) is 4.99 Å². The van der Waals surface area contributed by atoms with Gasteiger partial charge >= 0.3 is 0 Å². The zero-order chi connectivity index (χ0) is 21.1. The highest BCUT2D eigenvalue weighted by molar-refractivity contribution is 6.02. The molecule has 158 valence electrons. The number of anilines is 1. The minimum absolute atomic E-state index is 0.0343.